The number of imide groups is 1. The molecule has 3 aromatic rings. The standard InChI is InChI=1S/C36H34N4O11/c1-23(50-36(45)51-39-34(43)15-16-35(39)44)27-20-30(48-2)31(21-29(27)40(46)47)49-19-7-12-32(41)37-18-17-33(42)38-22-26-10-4-3-8-24(26)13-14-25-9-5-6-11-28(25)38/h3-6,8-11,20-21,23H,7,12,15-19,22H2,1-2H3,(H,37,41). The number of nitrogens with one attached hydrogen (secondary N) is 1. The Morgan fingerprint density at radius 2 is 1.65 bits per heavy atom. The van der Waals surface area contributed by atoms with E-state index in [1.165, 1.54) is 20.1 Å². The third-order valence-electron chi connectivity index (χ3n) is 8.03. The van der Waals surface area contributed by atoms with Crippen LogP contribution in [0.25, 0.3) is 0 Å². The van der Waals surface area contributed by atoms with Crippen molar-refractivity contribution in [1.82, 2.24) is 10.4 Å². The second kappa shape index (κ2) is 16.3. The Hall–Kier alpha value is -6.43. The Labute approximate surface area is 292 Å². The number of para-hydroxylation sites is 1. The number of fused-ring (bicyclic) bond motifs is 2. The highest BCUT2D eigenvalue weighted by atomic mass is 16.8. The Morgan fingerprint density at radius 3 is 2.37 bits per heavy atom. The van der Waals surface area contributed by atoms with E-state index in [1.54, 1.807) is 4.90 Å². The number of hydrogen-bond donors (Lipinski definition) is 1. The van der Waals surface area contributed by atoms with Gasteiger partial charge in [0.1, 0.15) is 6.10 Å². The lowest BCUT2D eigenvalue weighted by Crippen LogP contribution is -2.35. The molecule has 0 aromatic heterocycles. The molecule has 2 aliphatic rings. The summed E-state index contributed by atoms with van der Waals surface area (Å²) in [5.74, 6) is 4.55. The first-order valence-corrected chi connectivity index (χ1v) is 16.0. The summed E-state index contributed by atoms with van der Waals surface area (Å²) in [4.78, 5) is 79.1. The Balaban J connectivity index is 1.12. The van der Waals surface area contributed by atoms with Crippen molar-refractivity contribution >= 4 is 41.2 Å². The molecule has 1 fully saturated rings. The van der Waals surface area contributed by atoms with E-state index < -0.39 is 34.7 Å². The van der Waals surface area contributed by atoms with Gasteiger partial charge in [0, 0.05) is 43.4 Å². The molecule has 0 saturated carbocycles. The number of ether oxygens (including phenoxy) is 3. The summed E-state index contributed by atoms with van der Waals surface area (Å²) < 4.78 is 16.1. The fourth-order valence-electron chi connectivity index (χ4n) is 5.44. The van der Waals surface area contributed by atoms with Crippen LogP contribution in [-0.2, 0) is 35.3 Å². The number of nitro groups is 1. The number of rotatable bonds is 13. The lowest BCUT2D eigenvalue weighted by molar-refractivity contribution is -0.386. The molecule has 0 spiro atoms. The third kappa shape index (κ3) is 8.79. The van der Waals surface area contributed by atoms with Gasteiger partial charge in [-0.1, -0.05) is 47.2 Å². The van der Waals surface area contributed by atoms with Gasteiger partial charge in [0.25, 0.3) is 17.5 Å². The number of anilines is 1. The zero-order chi connectivity index (χ0) is 36.5. The maximum atomic E-state index is 13.4. The number of amides is 4. The number of hydroxylamine groups is 2. The molecule has 51 heavy (non-hydrogen) atoms. The molecule has 0 aliphatic carbocycles. The van der Waals surface area contributed by atoms with Gasteiger partial charge in [-0.25, -0.2) is 4.79 Å². The quantitative estimate of drug-likeness (QED) is 0.0663. The molecular weight excluding hydrogens is 664 g/mol. The summed E-state index contributed by atoms with van der Waals surface area (Å²) in [5.41, 5.74) is 2.69. The molecule has 1 saturated heterocycles. The smallest absolute Gasteiger partial charge is 0.493 e. The fourth-order valence-corrected chi connectivity index (χ4v) is 5.44. The van der Waals surface area contributed by atoms with Crippen LogP contribution in [0.5, 0.6) is 11.5 Å². The minimum Gasteiger partial charge on any atom is -0.493 e. The van der Waals surface area contributed by atoms with Gasteiger partial charge in [-0.05, 0) is 43.2 Å². The molecule has 1 unspecified atom stereocenters. The normalized spacial score (nSPS) is 13.8. The molecule has 5 rings (SSSR count). The molecule has 264 valence electrons. The van der Waals surface area contributed by atoms with E-state index in [-0.39, 0.29) is 74.1 Å². The van der Waals surface area contributed by atoms with Crippen LogP contribution in [0.4, 0.5) is 16.2 Å². The molecule has 15 nitrogen and oxygen atoms in total. The highest BCUT2D eigenvalue weighted by molar-refractivity contribution is 6.01. The predicted octanol–water partition coefficient (Wildman–Crippen LogP) is 4.49. The Bertz CT molecular complexity index is 1920. The largest absolute Gasteiger partial charge is 0.534 e. The Kier molecular flexibility index (Phi) is 11.5. The van der Waals surface area contributed by atoms with Gasteiger partial charge < -0.3 is 24.4 Å². The second-order valence-electron chi connectivity index (χ2n) is 11.5. The highest BCUT2D eigenvalue weighted by Crippen LogP contribution is 2.39. The monoisotopic (exact) mass is 698 g/mol. The lowest BCUT2D eigenvalue weighted by Gasteiger charge is -2.26. The fraction of sp³-hybridized carbons (Fsp3) is 0.306. The van der Waals surface area contributed by atoms with Gasteiger partial charge in [-0.2, -0.15) is 0 Å². The van der Waals surface area contributed by atoms with Crippen LogP contribution < -0.4 is 19.7 Å². The number of methoxy groups -OCH3 is 1. The van der Waals surface area contributed by atoms with Crippen LogP contribution in [0.2, 0.25) is 0 Å². The maximum Gasteiger partial charge on any atom is 0.534 e. The number of carbonyl (C=O) groups is 5. The third-order valence-corrected chi connectivity index (χ3v) is 8.03. The summed E-state index contributed by atoms with van der Waals surface area (Å²) in [6.45, 7) is 1.80. The van der Waals surface area contributed by atoms with Gasteiger partial charge in [0.2, 0.25) is 11.8 Å². The average molecular weight is 699 g/mol. The van der Waals surface area contributed by atoms with Crippen molar-refractivity contribution in [3.63, 3.8) is 0 Å². The van der Waals surface area contributed by atoms with Crippen LogP contribution >= 0.6 is 0 Å². The van der Waals surface area contributed by atoms with E-state index >= 15 is 0 Å². The van der Waals surface area contributed by atoms with Crippen molar-refractivity contribution in [3.8, 4) is 23.3 Å². The number of nitrogens with zero attached hydrogens (tertiary/aromatic N) is 3. The number of benzene rings is 3. The second-order valence-corrected chi connectivity index (χ2v) is 11.5. The molecule has 4 amide bonds. The average Bonchev–Trinajstić information content (AvgIpc) is 3.42. The number of nitro benzene ring substituents is 1. The van der Waals surface area contributed by atoms with Crippen LogP contribution in [0.1, 0.15) is 67.4 Å². The van der Waals surface area contributed by atoms with Crippen molar-refractivity contribution in [2.24, 2.45) is 0 Å². The summed E-state index contributed by atoms with van der Waals surface area (Å²) in [6, 6.07) is 17.4. The minimum atomic E-state index is -1.40. The maximum absolute atomic E-state index is 13.4. The molecule has 0 radical (unpaired) electrons. The molecule has 0 bridgehead atoms. The highest BCUT2D eigenvalue weighted by Gasteiger charge is 2.35. The minimum absolute atomic E-state index is 0.000485. The zero-order valence-corrected chi connectivity index (χ0v) is 27.8. The van der Waals surface area contributed by atoms with E-state index in [4.69, 9.17) is 14.2 Å². The van der Waals surface area contributed by atoms with Gasteiger partial charge in [-0.3, -0.25) is 34.1 Å². The summed E-state index contributed by atoms with van der Waals surface area (Å²) in [6.07, 6.45) is -2.50. The van der Waals surface area contributed by atoms with Gasteiger partial charge >= 0.3 is 6.16 Å². The predicted molar refractivity (Wildman–Crippen MR) is 179 cm³/mol. The first-order valence-electron chi connectivity index (χ1n) is 16.0. The van der Waals surface area contributed by atoms with Crippen molar-refractivity contribution in [1.29, 1.82) is 0 Å². The first-order chi connectivity index (χ1) is 24.5. The van der Waals surface area contributed by atoms with Gasteiger partial charge in [0.05, 0.1) is 42.5 Å². The van der Waals surface area contributed by atoms with Crippen molar-refractivity contribution < 1.29 is 47.9 Å². The molecular formula is C36H34N4O11. The molecule has 15 heteroatoms. The Morgan fingerprint density at radius 1 is 0.961 bits per heavy atom. The summed E-state index contributed by atoms with van der Waals surface area (Å²) >= 11 is 0. The van der Waals surface area contributed by atoms with Gasteiger partial charge in [-0.15, -0.1) is 0 Å². The molecule has 3 aromatic carbocycles. The molecule has 2 heterocycles. The van der Waals surface area contributed by atoms with Crippen LogP contribution in [0, 0.1) is 22.0 Å². The molecule has 1 atom stereocenters. The number of carbonyl (C=O) groups excluding carboxylic acids is 5. The topological polar surface area (TPSA) is 184 Å². The number of hydrogen-bond acceptors (Lipinski definition) is 11. The van der Waals surface area contributed by atoms with E-state index in [2.05, 4.69) is 22.0 Å². The molecule has 2 aliphatic heterocycles. The lowest BCUT2D eigenvalue weighted by atomic mass is 10.0. The zero-order valence-electron chi connectivity index (χ0n) is 27.8. The van der Waals surface area contributed by atoms with Crippen molar-refractivity contribution in [3.05, 3.63) is 93.0 Å². The van der Waals surface area contributed by atoms with Crippen molar-refractivity contribution in [2.45, 2.75) is 51.7 Å². The van der Waals surface area contributed by atoms with E-state index in [1.807, 2.05) is 48.5 Å². The summed E-state index contributed by atoms with van der Waals surface area (Å²) in [7, 11) is 1.31. The van der Waals surface area contributed by atoms with E-state index in [9.17, 15) is 34.1 Å². The first kappa shape index (κ1) is 35.9. The van der Waals surface area contributed by atoms with Gasteiger partial charge in [0.15, 0.2) is 11.5 Å². The SMILES string of the molecule is COc1cc(C(C)OC(=O)ON2C(=O)CCC2=O)c([N+](=O)[O-])cc1OCCCC(=O)NCCC(=O)N1Cc2ccccc2C#Cc2ccccc21. The van der Waals surface area contributed by atoms with Crippen LogP contribution in [0.15, 0.2) is 60.7 Å². The summed E-state index contributed by atoms with van der Waals surface area (Å²) in [5, 5.41) is 15.0. The molecule has 1 N–H and O–H groups in total. The van der Waals surface area contributed by atoms with Crippen LogP contribution in [0.3, 0.4) is 0 Å². The van der Waals surface area contributed by atoms with E-state index in [0.717, 1.165) is 22.8 Å². The van der Waals surface area contributed by atoms with Crippen molar-refractivity contribution in [2.75, 3.05) is 25.2 Å². The van der Waals surface area contributed by atoms with Crippen LogP contribution in [-0.4, -0.2) is 60.0 Å². The van der Waals surface area contributed by atoms with E-state index in [0.29, 0.717) is 17.3 Å².